The molecule has 4 heterocycles. The Morgan fingerprint density at radius 3 is 2.44 bits per heavy atom. The first-order valence-corrected chi connectivity index (χ1v) is 16.5. The smallest absolute Gasteiger partial charge is 0.392 e. The van der Waals surface area contributed by atoms with E-state index >= 15 is 0 Å². The number of hydrogen-bond donors (Lipinski definition) is 2. The van der Waals surface area contributed by atoms with Gasteiger partial charge in [-0.05, 0) is 35.9 Å². The number of aliphatic hydroxyl groups excluding tert-OH is 1. The molecule has 0 aliphatic carbocycles. The first kappa shape index (κ1) is 30.0. The fourth-order valence-electron chi connectivity index (χ4n) is 4.21. The van der Waals surface area contributed by atoms with E-state index in [1.807, 2.05) is 0 Å². The number of fused-ring (bicyclic) bond motifs is 1. The Morgan fingerprint density at radius 1 is 1.07 bits per heavy atom. The zero-order valence-electron chi connectivity index (χ0n) is 23.0. The minimum absolute atomic E-state index is 0.0474. The van der Waals surface area contributed by atoms with E-state index in [-0.39, 0.29) is 30.6 Å². The molecule has 9 nitrogen and oxygen atoms in total. The second-order valence-electron chi connectivity index (χ2n) is 10.7. The highest BCUT2D eigenvalue weighted by Gasteiger charge is 2.40. The first-order chi connectivity index (χ1) is 19.3. The van der Waals surface area contributed by atoms with Crippen molar-refractivity contribution in [1.29, 1.82) is 0 Å². The van der Waals surface area contributed by atoms with Gasteiger partial charge in [0.25, 0.3) is 5.78 Å². The molecular formula is C28H30F3N5O4Si. The van der Waals surface area contributed by atoms with Gasteiger partial charge < -0.3 is 19.7 Å². The average Bonchev–Trinajstić information content (AvgIpc) is 3.23. The number of hydrogen-bond acceptors (Lipinski definition) is 7. The predicted molar refractivity (Wildman–Crippen MR) is 151 cm³/mol. The monoisotopic (exact) mass is 585 g/mol. The number of carbonyl (C=O) groups excluding carboxylic acids is 2. The van der Waals surface area contributed by atoms with E-state index in [0.717, 1.165) is 18.3 Å². The molecule has 41 heavy (non-hydrogen) atoms. The van der Waals surface area contributed by atoms with Crippen molar-refractivity contribution in [3.8, 4) is 22.5 Å². The normalized spacial score (nSPS) is 12.1. The number of amides is 1. The minimum atomic E-state index is -5.08. The topological polar surface area (TPSA) is 119 Å². The number of aliphatic hydroxyl groups is 1. The molecule has 13 heteroatoms. The molecule has 0 saturated carbocycles. The summed E-state index contributed by atoms with van der Waals surface area (Å²) in [5.74, 6) is -2.07. The summed E-state index contributed by atoms with van der Waals surface area (Å²) >= 11 is 0. The van der Waals surface area contributed by atoms with Gasteiger partial charge in [-0.2, -0.15) is 13.2 Å². The van der Waals surface area contributed by atoms with Gasteiger partial charge in [-0.25, -0.2) is 4.98 Å². The number of nitrogens with zero attached hydrogens (tertiary/aromatic N) is 4. The van der Waals surface area contributed by atoms with Crippen LogP contribution in [0.1, 0.15) is 22.8 Å². The number of Topliss-reactive ketones (excluding diaryl/α,β-unsaturated/α-hetero) is 1. The summed E-state index contributed by atoms with van der Waals surface area (Å²) in [7, 11) is -1.45. The lowest BCUT2D eigenvalue weighted by molar-refractivity contribution is -0.114. The molecule has 0 unspecified atom stereocenters. The zero-order chi connectivity index (χ0) is 29.9. The van der Waals surface area contributed by atoms with Crippen LogP contribution in [0.5, 0.6) is 0 Å². The van der Waals surface area contributed by atoms with Gasteiger partial charge in [-0.3, -0.25) is 19.6 Å². The number of halogens is 3. The van der Waals surface area contributed by atoms with E-state index in [9.17, 15) is 27.9 Å². The van der Waals surface area contributed by atoms with Crippen LogP contribution in [0.3, 0.4) is 0 Å². The Bertz CT molecular complexity index is 1580. The summed E-state index contributed by atoms with van der Waals surface area (Å²) in [6.45, 7) is 8.10. The molecule has 4 aromatic rings. The second-order valence-corrected chi connectivity index (χ2v) is 16.4. The average molecular weight is 586 g/mol. The molecule has 1 amide bonds. The SMILES string of the molecule is CC(=O)Nc1cc(-c2c(-c3ccc(CO)cn3)c3ncc(C(=O)C(F)(F)F)cc3n2COCC[Si](C)(C)C)ccn1. The number of ketones is 1. The summed E-state index contributed by atoms with van der Waals surface area (Å²) in [6, 6.07) is 8.68. The maximum absolute atomic E-state index is 13.4. The van der Waals surface area contributed by atoms with E-state index in [2.05, 4.69) is 39.9 Å². The maximum atomic E-state index is 13.4. The van der Waals surface area contributed by atoms with E-state index in [1.54, 1.807) is 28.8 Å². The summed E-state index contributed by atoms with van der Waals surface area (Å²) in [4.78, 5) is 36.9. The van der Waals surface area contributed by atoms with Crippen LogP contribution >= 0.6 is 0 Å². The quantitative estimate of drug-likeness (QED) is 0.140. The predicted octanol–water partition coefficient (Wildman–Crippen LogP) is 5.67. The molecule has 4 rings (SSSR count). The number of nitrogens with one attached hydrogen (secondary N) is 1. The van der Waals surface area contributed by atoms with Gasteiger partial charge in [-0.1, -0.05) is 25.7 Å². The lowest BCUT2D eigenvalue weighted by Crippen LogP contribution is -2.23. The summed E-state index contributed by atoms with van der Waals surface area (Å²) in [5.41, 5.74) is 2.46. The Hall–Kier alpha value is -3.94. The van der Waals surface area contributed by atoms with Crippen molar-refractivity contribution in [3.63, 3.8) is 0 Å². The van der Waals surface area contributed by atoms with Crippen LogP contribution in [0.2, 0.25) is 25.7 Å². The van der Waals surface area contributed by atoms with E-state index < -0.39 is 25.6 Å². The molecule has 0 spiro atoms. The molecule has 0 aliphatic heterocycles. The summed E-state index contributed by atoms with van der Waals surface area (Å²) in [5, 5.41) is 12.1. The Kier molecular flexibility index (Phi) is 8.71. The highest BCUT2D eigenvalue weighted by atomic mass is 28.3. The van der Waals surface area contributed by atoms with Crippen LogP contribution in [-0.4, -0.2) is 57.2 Å². The van der Waals surface area contributed by atoms with Crippen LogP contribution < -0.4 is 5.32 Å². The van der Waals surface area contributed by atoms with Gasteiger partial charge >= 0.3 is 6.18 Å². The number of rotatable bonds is 10. The van der Waals surface area contributed by atoms with Crippen molar-refractivity contribution >= 4 is 36.6 Å². The van der Waals surface area contributed by atoms with Gasteiger partial charge in [0.05, 0.1) is 34.6 Å². The number of anilines is 1. The number of ether oxygens (including phenoxy) is 1. The Balaban J connectivity index is 1.99. The third-order valence-electron chi connectivity index (χ3n) is 6.24. The number of aromatic nitrogens is 4. The summed E-state index contributed by atoms with van der Waals surface area (Å²) < 4.78 is 47.8. The molecule has 4 aromatic heterocycles. The van der Waals surface area contributed by atoms with Gasteiger partial charge in [0.1, 0.15) is 12.5 Å². The van der Waals surface area contributed by atoms with Crippen molar-refractivity contribution in [2.24, 2.45) is 0 Å². The third-order valence-corrected chi connectivity index (χ3v) is 7.94. The summed E-state index contributed by atoms with van der Waals surface area (Å²) in [6.07, 6.45) is -1.19. The number of alkyl halides is 3. The van der Waals surface area contributed by atoms with Crippen LogP contribution in [0.4, 0.5) is 19.0 Å². The third kappa shape index (κ3) is 7.04. The minimum Gasteiger partial charge on any atom is -0.392 e. The highest BCUT2D eigenvalue weighted by molar-refractivity contribution is 6.76. The molecule has 0 aromatic carbocycles. The molecule has 0 atom stereocenters. The lowest BCUT2D eigenvalue weighted by Gasteiger charge is -2.17. The van der Waals surface area contributed by atoms with Gasteiger partial charge in [0, 0.05) is 51.3 Å². The Labute approximate surface area is 235 Å². The molecule has 216 valence electrons. The Morgan fingerprint density at radius 2 is 1.83 bits per heavy atom. The standard InChI is InChI=1S/C28H30F3N5O4Si/c1-17(38)35-23-12-19(7-8-32-23)26-24(21-6-5-18(15-37)13-33-21)25-22(36(26)16-40-9-10-41(2,3)4)11-20(14-34-25)27(39)28(29,30)31/h5-8,11-14,37H,9-10,15-16H2,1-4H3,(H,32,35,38). The lowest BCUT2D eigenvalue weighted by atomic mass is 10.0. The highest BCUT2D eigenvalue weighted by Crippen LogP contribution is 2.40. The number of carbonyl (C=O) groups is 2. The maximum Gasteiger partial charge on any atom is 0.454 e. The fourth-order valence-corrected chi connectivity index (χ4v) is 4.97. The largest absolute Gasteiger partial charge is 0.454 e. The second kappa shape index (κ2) is 11.9. The van der Waals surface area contributed by atoms with E-state index in [0.29, 0.717) is 40.2 Å². The van der Waals surface area contributed by atoms with Crippen LogP contribution in [0.25, 0.3) is 33.5 Å². The first-order valence-electron chi connectivity index (χ1n) is 12.8. The van der Waals surface area contributed by atoms with Crippen molar-refractivity contribution < 1.29 is 32.6 Å². The van der Waals surface area contributed by atoms with Gasteiger partial charge in [0.15, 0.2) is 0 Å². The molecule has 0 saturated heterocycles. The van der Waals surface area contributed by atoms with Crippen LogP contribution in [0.15, 0.2) is 48.9 Å². The van der Waals surface area contributed by atoms with Crippen molar-refractivity contribution in [2.75, 3.05) is 11.9 Å². The van der Waals surface area contributed by atoms with Crippen LogP contribution in [0, 0.1) is 0 Å². The molecule has 0 fully saturated rings. The number of pyridine rings is 3. The molecule has 0 bridgehead atoms. The molecule has 2 N–H and O–H groups in total. The van der Waals surface area contributed by atoms with E-state index in [1.165, 1.54) is 19.3 Å². The van der Waals surface area contributed by atoms with Crippen LogP contribution in [-0.2, 0) is 22.9 Å². The zero-order valence-corrected chi connectivity index (χ0v) is 24.0. The molecular weight excluding hydrogens is 555 g/mol. The fraction of sp³-hybridized carbons (Fsp3) is 0.321. The van der Waals surface area contributed by atoms with Gasteiger partial charge in [0.2, 0.25) is 5.91 Å². The van der Waals surface area contributed by atoms with Crippen molar-refractivity contribution in [3.05, 3.63) is 60.0 Å². The van der Waals surface area contributed by atoms with E-state index in [4.69, 9.17) is 4.74 Å². The van der Waals surface area contributed by atoms with Crippen molar-refractivity contribution in [1.82, 2.24) is 19.5 Å². The van der Waals surface area contributed by atoms with Gasteiger partial charge in [-0.15, -0.1) is 0 Å². The van der Waals surface area contributed by atoms with Crippen molar-refractivity contribution in [2.45, 2.75) is 52.1 Å². The molecule has 0 aliphatic rings. The molecule has 0 radical (unpaired) electrons.